The highest BCUT2D eigenvalue weighted by Gasteiger charge is 2.31. The number of hydrogen-bond donors (Lipinski definition) is 1. The molecule has 0 saturated carbocycles. The normalized spacial score (nSPS) is 11.7. The molecule has 3 rings (SSSR count). The second kappa shape index (κ2) is 6.58. The number of carbonyl (C=O) groups is 1. The molecule has 0 aliphatic carbocycles. The number of hydrogen-bond acceptors (Lipinski definition) is 2. The van der Waals surface area contributed by atoms with Gasteiger partial charge in [0, 0.05) is 12.7 Å². The molecule has 0 fully saturated rings. The van der Waals surface area contributed by atoms with Crippen LogP contribution >= 0.6 is 0 Å². The third kappa shape index (κ3) is 3.50. The minimum absolute atomic E-state index is 0.138. The van der Waals surface area contributed by atoms with Crippen LogP contribution in [0.5, 0.6) is 0 Å². The summed E-state index contributed by atoms with van der Waals surface area (Å²) in [5, 5.41) is 2.75. The van der Waals surface area contributed by atoms with Crippen molar-refractivity contribution in [1.29, 1.82) is 0 Å². The monoisotopic (exact) mass is 347 g/mol. The molecule has 0 aliphatic heterocycles. The van der Waals surface area contributed by atoms with Crippen LogP contribution < -0.4 is 5.32 Å². The molecule has 0 atom stereocenters. The molecule has 1 aromatic carbocycles. The van der Waals surface area contributed by atoms with Crippen molar-refractivity contribution in [1.82, 2.24) is 14.7 Å². The number of nitrogens with one attached hydrogen (secondary N) is 1. The Balaban J connectivity index is 1.96. The highest BCUT2D eigenvalue weighted by Crippen LogP contribution is 2.30. The van der Waals surface area contributed by atoms with Crippen molar-refractivity contribution in [3.63, 3.8) is 0 Å². The minimum Gasteiger partial charge on any atom is -0.347 e. The lowest BCUT2D eigenvalue weighted by atomic mass is 10.2. The number of nitrogens with zero attached hydrogens (tertiary/aromatic N) is 2. The Labute approximate surface area is 142 Å². The van der Waals surface area contributed by atoms with Crippen LogP contribution in [0.15, 0.2) is 48.7 Å². The van der Waals surface area contributed by atoms with E-state index in [1.165, 1.54) is 10.5 Å². The molecule has 4 nitrogen and oxygen atoms in total. The zero-order chi connectivity index (χ0) is 18.0. The topological polar surface area (TPSA) is 46.4 Å². The number of fused-ring (bicyclic) bond motifs is 1. The maximum Gasteiger partial charge on any atom is 0.417 e. The minimum atomic E-state index is -4.48. The van der Waals surface area contributed by atoms with Gasteiger partial charge in [-0.15, -0.1) is 0 Å². The van der Waals surface area contributed by atoms with E-state index in [9.17, 15) is 18.0 Å². The second-order valence-corrected chi connectivity index (χ2v) is 5.57. The summed E-state index contributed by atoms with van der Waals surface area (Å²) in [7, 11) is 0. The van der Waals surface area contributed by atoms with Gasteiger partial charge in [0.05, 0.1) is 11.3 Å². The Kier molecular flexibility index (Phi) is 4.48. The molecule has 2 aromatic heterocycles. The number of aromatic nitrogens is 2. The average molecular weight is 347 g/mol. The van der Waals surface area contributed by atoms with Crippen molar-refractivity contribution in [2.24, 2.45) is 0 Å². The van der Waals surface area contributed by atoms with Crippen LogP contribution in [-0.4, -0.2) is 15.3 Å². The van der Waals surface area contributed by atoms with Gasteiger partial charge >= 0.3 is 6.18 Å². The third-order valence-corrected chi connectivity index (χ3v) is 3.86. The molecule has 0 aliphatic rings. The van der Waals surface area contributed by atoms with Crippen molar-refractivity contribution in [2.45, 2.75) is 26.1 Å². The van der Waals surface area contributed by atoms with E-state index in [2.05, 4.69) is 10.3 Å². The lowest BCUT2D eigenvalue weighted by Gasteiger charge is -2.09. The van der Waals surface area contributed by atoms with Gasteiger partial charge in [-0.3, -0.25) is 9.20 Å². The van der Waals surface area contributed by atoms with E-state index >= 15 is 0 Å². The molecule has 1 N–H and O–H groups in total. The lowest BCUT2D eigenvalue weighted by Crippen LogP contribution is -2.25. The van der Waals surface area contributed by atoms with Crippen molar-refractivity contribution in [3.8, 4) is 0 Å². The summed E-state index contributed by atoms with van der Waals surface area (Å²) in [4.78, 5) is 16.8. The van der Waals surface area contributed by atoms with Gasteiger partial charge in [0.1, 0.15) is 11.3 Å². The first-order chi connectivity index (χ1) is 11.9. The number of imidazole rings is 1. The number of alkyl halides is 3. The Morgan fingerprint density at radius 2 is 1.88 bits per heavy atom. The van der Waals surface area contributed by atoms with E-state index < -0.39 is 17.6 Å². The second-order valence-electron chi connectivity index (χ2n) is 5.57. The lowest BCUT2D eigenvalue weighted by molar-refractivity contribution is -0.137. The van der Waals surface area contributed by atoms with Crippen LogP contribution in [-0.2, 0) is 19.1 Å². The summed E-state index contributed by atoms with van der Waals surface area (Å²) >= 11 is 0. The smallest absolute Gasteiger partial charge is 0.347 e. The van der Waals surface area contributed by atoms with Gasteiger partial charge in [0.25, 0.3) is 5.91 Å². The third-order valence-electron chi connectivity index (χ3n) is 3.86. The van der Waals surface area contributed by atoms with E-state index in [0.29, 0.717) is 17.8 Å². The fraction of sp³-hybridized carbons (Fsp3) is 0.222. The number of amides is 1. The van der Waals surface area contributed by atoms with Gasteiger partial charge in [0.15, 0.2) is 0 Å². The number of pyridine rings is 1. The summed E-state index contributed by atoms with van der Waals surface area (Å²) in [5.74, 6) is -0.451. The Hall–Kier alpha value is -2.83. The predicted octanol–water partition coefficient (Wildman–Crippen LogP) is 3.85. The van der Waals surface area contributed by atoms with Crippen LogP contribution in [0.3, 0.4) is 0 Å². The predicted molar refractivity (Wildman–Crippen MR) is 87.2 cm³/mol. The number of aryl methyl sites for hydroxylation is 1. The summed E-state index contributed by atoms with van der Waals surface area (Å²) < 4.78 is 40.1. The molecule has 130 valence electrons. The molecule has 1 amide bonds. The molecule has 0 bridgehead atoms. The summed E-state index contributed by atoms with van der Waals surface area (Å²) in [6.45, 7) is 2.09. The fourth-order valence-electron chi connectivity index (χ4n) is 2.61. The zero-order valence-electron chi connectivity index (χ0n) is 13.5. The molecule has 25 heavy (non-hydrogen) atoms. The Bertz CT molecular complexity index is 901. The molecule has 2 heterocycles. The molecule has 0 spiro atoms. The molecule has 0 radical (unpaired) electrons. The van der Waals surface area contributed by atoms with Crippen molar-refractivity contribution < 1.29 is 18.0 Å². The van der Waals surface area contributed by atoms with E-state index in [1.54, 1.807) is 6.92 Å². The molecular weight excluding hydrogens is 331 g/mol. The van der Waals surface area contributed by atoms with Crippen LogP contribution in [0.4, 0.5) is 13.2 Å². The maximum atomic E-state index is 13.0. The zero-order valence-corrected chi connectivity index (χ0v) is 13.5. The first-order valence-electron chi connectivity index (χ1n) is 7.80. The fourth-order valence-corrected chi connectivity index (χ4v) is 2.61. The van der Waals surface area contributed by atoms with Gasteiger partial charge < -0.3 is 5.32 Å². The number of carbonyl (C=O) groups excluding carboxylic acids is 1. The van der Waals surface area contributed by atoms with Crippen LogP contribution in [0.2, 0.25) is 0 Å². The van der Waals surface area contributed by atoms with Gasteiger partial charge in [-0.25, -0.2) is 4.98 Å². The van der Waals surface area contributed by atoms with Gasteiger partial charge in [-0.2, -0.15) is 13.2 Å². The number of benzene rings is 1. The quantitative estimate of drug-likeness (QED) is 0.779. The molecule has 7 heteroatoms. The van der Waals surface area contributed by atoms with Crippen LogP contribution in [0.1, 0.15) is 34.2 Å². The summed E-state index contributed by atoms with van der Waals surface area (Å²) in [6.07, 6.45) is -3.13. The number of rotatable bonds is 4. The van der Waals surface area contributed by atoms with Gasteiger partial charge in [0.2, 0.25) is 0 Å². The first-order valence-corrected chi connectivity index (χ1v) is 7.80. The first kappa shape index (κ1) is 17.0. The van der Waals surface area contributed by atoms with Crippen LogP contribution in [0.25, 0.3) is 5.65 Å². The van der Waals surface area contributed by atoms with E-state index in [1.807, 2.05) is 30.3 Å². The van der Waals surface area contributed by atoms with E-state index in [4.69, 9.17) is 0 Å². The maximum absolute atomic E-state index is 13.0. The SMILES string of the molecule is CCc1nc2ccc(C(F)(F)F)cn2c1C(=O)NCc1ccccc1. The Morgan fingerprint density at radius 3 is 2.52 bits per heavy atom. The van der Waals surface area contributed by atoms with Crippen molar-refractivity contribution in [3.05, 3.63) is 71.2 Å². The molecular formula is C18H16F3N3O. The largest absolute Gasteiger partial charge is 0.417 e. The van der Waals surface area contributed by atoms with Crippen molar-refractivity contribution >= 4 is 11.6 Å². The highest BCUT2D eigenvalue weighted by molar-refractivity contribution is 5.94. The summed E-state index contributed by atoms with van der Waals surface area (Å²) in [6, 6.07) is 11.5. The highest BCUT2D eigenvalue weighted by atomic mass is 19.4. The average Bonchev–Trinajstić information content (AvgIpc) is 2.97. The van der Waals surface area contributed by atoms with Gasteiger partial charge in [-0.05, 0) is 24.1 Å². The molecule has 0 unspecified atom stereocenters. The number of halogens is 3. The van der Waals surface area contributed by atoms with Gasteiger partial charge in [-0.1, -0.05) is 37.3 Å². The molecule has 3 aromatic rings. The Morgan fingerprint density at radius 1 is 1.16 bits per heavy atom. The van der Waals surface area contributed by atoms with E-state index in [-0.39, 0.29) is 12.2 Å². The van der Waals surface area contributed by atoms with Crippen molar-refractivity contribution in [2.75, 3.05) is 0 Å². The standard InChI is InChI=1S/C18H16F3N3O/c1-2-14-16(17(25)22-10-12-6-4-3-5-7-12)24-11-13(18(19,20)21)8-9-15(24)23-14/h3-9,11H,2,10H2,1H3,(H,22,25). The van der Waals surface area contributed by atoms with E-state index in [0.717, 1.165) is 17.8 Å². The van der Waals surface area contributed by atoms with Crippen LogP contribution in [0, 0.1) is 0 Å². The summed E-state index contributed by atoms with van der Waals surface area (Å²) in [5.41, 5.74) is 0.995. The molecule has 0 saturated heterocycles.